The largest absolute Gasteiger partial charge is 0.469 e. The van der Waals surface area contributed by atoms with Gasteiger partial charge < -0.3 is 4.42 Å². The normalized spacial score (nSPS) is 10.8. The molecule has 0 saturated carbocycles. The van der Waals surface area contributed by atoms with E-state index in [9.17, 15) is 4.79 Å². The van der Waals surface area contributed by atoms with E-state index in [-0.39, 0.29) is 11.8 Å². The van der Waals surface area contributed by atoms with Crippen molar-refractivity contribution in [3.63, 3.8) is 0 Å². The number of hydrogen-bond donors (Lipinski definition) is 2. The summed E-state index contributed by atoms with van der Waals surface area (Å²) < 4.78 is 5.15. The Hall–Kier alpha value is -2.11. The van der Waals surface area contributed by atoms with Crippen LogP contribution in [0.25, 0.3) is 0 Å². The second-order valence-electron chi connectivity index (χ2n) is 4.33. The number of nitrogens with one attached hydrogen (secondary N) is 2. The van der Waals surface area contributed by atoms with E-state index in [0.717, 1.165) is 11.6 Å². The number of aryl methyl sites for hydroxylation is 1. The van der Waals surface area contributed by atoms with Crippen LogP contribution in [0.1, 0.15) is 37.8 Å². The minimum atomic E-state index is -0.124. The Morgan fingerprint density at radius 3 is 3.00 bits per heavy atom. The van der Waals surface area contributed by atoms with Gasteiger partial charge in [-0.15, -0.1) is 5.10 Å². The van der Waals surface area contributed by atoms with E-state index in [1.807, 2.05) is 19.9 Å². The molecule has 0 atom stereocenters. The summed E-state index contributed by atoms with van der Waals surface area (Å²) in [5.74, 6) is 2.01. The number of amides is 1. The number of aromatic nitrogens is 3. The summed E-state index contributed by atoms with van der Waals surface area (Å²) >= 11 is 0. The zero-order valence-electron chi connectivity index (χ0n) is 10.4. The van der Waals surface area contributed by atoms with E-state index < -0.39 is 0 Å². The number of hydrogen-bond acceptors (Lipinski definition) is 4. The van der Waals surface area contributed by atoms with Gasteiger partial charge in [-0.1, -0.05) is 13.8 Å². The van der Waals surface area contributed by atoms with Crippen LogP contribution < -0.4 is 5.32 Å². The molecule has 0 saturated heterocycles. The number of H-pyrrole nitrogens is 1. The van der Waals surface area contributed by atoms with Crippen LogP contribution in [-0.4, -0.2) is 21.1 Å². The first-order valence-electron chi connectivity index (χ1n) is 5.89. The molecule has 0 radical (unpaired) electrons. The van der Waals surface area contributed by atoms with Crippen LogP contribution in [-0.2, 0) is 11.2 Å². The fourth-order valence-corrected chi connectivity index (χ4v) is 1.47. The van der Waals surface area contributed by atoms with Crippen molar-refractivity contribution in [1.29, 1.82) is 0 Å². The SMILES string of the molecule is CC(C)c1nc(NC(=O)CCc2ccco2)n[nH]1. The lowest BCUT2D eigenvalue weighted by atomic mass is 10.2. The minimum absolute atomic E-state index is 0.124. The first-order valence-corrected chi connectivity index (χ1v) is 5.89. The Bertz CT molecular complexity index is 502. The molecule has 2 rings (SSSR count). The number of furan rings is 1. The Morgan fingerprint density at radius 1 is 1.56 bits per heavy atom. The van der Waals surface area contributed by atoms with Crippen molar-refractivity contribution in [2.75, 3.05) is 5.32 Å². The van der Waals surface area contributed by atoms with Crippen LogP contribution in [0.15, 0.2) is 22.8 Å². The third-order valence-corrected chi connectivity index (χ3v) is 2.48. The standard InChI is InChI=1S/C12H16N4O2/c1-8(2)11-14-12(16-15-11)13-10(17)6-5-9-4-3-7-18-9/h3-4,7-8H,5-6H2,1-2H3,(H2,13,14,15,16,17). The van der Waals surface area contributed by atoms with Gasteiger partial charge in [0, 0.05) is 18.8 Å². The molecular weight excluding hydrogens is 232 g/mol. The molecule has 0 aliphatic carbocycles. The molecule has 2 heterocycles. The third kappa shape index (κ3) is 3.19. The van der Waals surface area contributed by atoms with E-state index in [1.54, 1.807) is 12.3 Å². The topological polar surface area (TPSA) is 83.8 Å². The van der Waals surface area contributed by atoms with Crippen LogP contribution in [0.3, 0.4) is 0 Å². The van der Waals surface area contributed by atoms with E-state index in [0.29, 0.717) is 18.8 Å². The summed E-state index contributed by atoms with van der Waals surface area (Å²) in [5.41, 5.74) is 0. The second-order valence-corrected chi connectivity index (χ2v) is 4.33. The molecule has 6 heteroatoms. The van der Waals surface area contributed by atoms with Crippen molar-refractivity contribution in [3.05, 3.63) is 30.0 Å². The second kappa shape index (κ2) is 5.48. The van der Waals surface area contributed by atoms with Crippen molar-refractivity contribution in [2.24, 2.45) is 0 Å². The number of rotatable bonds is 5. The predicted octanol–water partition coefficient (Wildman–Crippen LogP) is 2.09. The zero-order chi connectivity index (χ0) is 13.0. The van der Waals surface area contributed by atoms with Gasteiger partial charge in [-0.2, -0.15) is 4.98 Å². The van der Waals surface area contributed by atoms with E-state index in [1.165, 1.54) is 0 Å². The van der Waals surface area contributed by atoms with Crippen LogP contribution in [0, 0.1) is 0 Å². The lowest BCUT2D eigenvalue weighted by Gasteiger charge is -1.99. The Labute approximate surface area is 105 Å². The van der Waals surface area contributed by atoms with Crippen LogP contribution in [0.2, 0.25) is 0 Å². The predicted molar refractivity (Wildman–Crippen MR) is 66.1 cm³/mol. The smallest absolute Gasteiger partial charge is 0.248 e. The van der Waals surface area contributed by atoms with Crippen LogP contribution in [0.4, 0.5) is 5.95 Å². The first-order chi connectivity index (χ1) is 8.65. The molecule has 0 spiro atoms. The van der Waals surface area contributed by atoms with Crippen molar-refractivity contribution in [3.8, 4) is 0 Å². The third-order valence-electron chi connectivity index (χ3n) is 2.48. The molecular formula is C12H16N4O2. The van der Waals surface area contributed by atoms with Gasteiger partial charge in [0.25, 0.3) is 0 Å². The van der Waals surface area contributed by atoms with Gasteiger partial charge in [0.1, 0.15) is 11.6 Å². The molecule has 1 amide bonds. The highest BCUT2D eigenvalue weighted by Crippen LogP contribution is 2.10. The highest BCUT2D eigenvalue weighted by Gasteiger charge is 2.10. The summed E-state index contributed by atoms with van der Waals surface area (Å²) in [6.07, 6.45) is 2.51. The maximum atomic E-state index is 11.6. The van der Waals surface area contributed by atoms with Crippen molar-refractivity contribution < 1.29 is 9.21 Å². The molecule has 6 nitrogen and oxygen atoms in total. The van der Waals surface area contributed by atoms with Crippen molar-refractivity contribution >= 4 is 11.9 Å². The molecule has 2 aromatic heterocycles. The van der Waals surface area contributed by atoms with Gasteiger partial charge in [-0.05, 0) is 12.1 Å². The fourth-order valence-electron chi connectivity index (χ4n) is 1.47. The summed E-state index contributed by atoms with van der Waals surface area (Å²) in [4.78, 5) is 15.8. The Balaban J connectivity index is 1.83. The van der Waals surface area contributed by atoms with E-state index in [2.05, 4.69) is 20.5 Å². The number of carbonyl (C=O) groups is 1. The lowest BCUT2D eigenvalue weighted by Crippen LogP contribution is -2.13. The molecule has 18 heavy (non-hydrogen) atoms. The average molecular weight is 248 g/mol. The molecule has 0 bridgehead atoms. The van der Waals surface area contributed by atoms with Gasteiger partial charge in [0.15, 0.2) is 0 Å². The molecule has 2 aromatic rings. The van der Waals surface area contributed by atoms with Crippen LogP contribution in [0.5, 0.6) is 0 Å². The Kier molecular flexibility index (Phi) is 3.76. The number of anilines is 1. The minimum Gasteiger partial charge on any atom is -0.469 e. The van der Waals surface area contributed by atoms with E-state index >= 15 is 0 Å². The fraction of sp³-hybridized carbons (Fsp3) is 0.417. The molecule has 2 N–H and O–H groups in total. The van der Waals surface area contributed by atoms with Gasteiger partial charge >= 0.3 is 0 Å². The molecule has 0 aliphatic heterocycles. The summed E-state index contributed by atoms with van der Waals surface area (Å²) in [5, 5.41) is 9.36. The summed E-state index contributed by atoms with van der Waals surface area (Å²) in [6, 6.07) is 3.65. The monoisotopic (exact) mass is 248 g/mol. The highest BCUT2D eigenvalue weighted by molar-refractivity contribution is 5.88. The number of aromatic amines is 1. The Morgan fingerprint density at radius 2 is 2.39 bits per heavy atom. The van der Waals surface area contributed by atoms with Gasteiger partial charge in [-0.3, -0.25) is 15.2 Å². The molecule has 0 fully saturated rings. The average Bonchev–Trinajstić information content (AvgIpc) is 2.96. The summed E-state index contributed by atoms with van der Waals surface area (Å²) in [6.45, 7) is 4.01. The quantitative estimate of drug-likeness (QED) is 0.848. The zero-order valence-corrected chi connectivity index (χ0v) is 10.4. The summed E-state index contributed by atoms with van der Waals surface area (Å²) in [7, 11) is 0. The van der Waals surface area contributed by atoms with Gasteiger partial charge in [0.05, 0.1) is 6.26 Å². The van der Waals surface area contributed by atoms with E-state index in [4.69, 9.17) is 4.42 Å². The molecule has 0 aliphatic rings. The van der Waals surface area contributed by atoms with Crippen LogP contribution >= 0.6 is 0 Å². The van der Waals surface area contributed by atoms with Crippen molar-refractivity contribution in [1.82, 2.24) is 15.2 Å². The first kappa shape index (κ1) is 12.3. The number of carbonyl (C=O) groups excluding carboxylic acids is 1. The van der Waals surface area contributed by atoms with Gasteiger partial charge in [-0.25, -0.2) is 0 Å². The van der Waals surface area contributed by atoms with Crippen molar-refractivity contribution in [2.45, 2.75) is 32.6 Å². The molecule has 96 valence electrons. The van der Waals surface area contributed by atoms with Gasteiger partial charge in [0.2, 0.25) is 11.9 Å². The molecule has 0 aromatic carbocycles. The maximum absolute atomic E-state index is 11.6. The molecule has 0 unspecified atom stereocenters. The number of nitrogens with zero attached hydrogens (tertiary/aromatic N) is 2. The maximum Gasteiger partial charge on any atom is 0.248 e. The lowest BCUT2D eigenvalue weighted by molar-refractivity contribution is -0.116. The highest BCUT2D eigenvalue weighted by atomic mass is 16.3.